The van der Waals surface area contributed by atoms with Crippen LogP contribution >= 0.6 is 11.8 Å². The van der Waals surface area contributed by atoms with Crippen molar-refractivity contribution < 1.29 is 33.4 Å². The van der Waals surface area contributed by atoms with Crippen molar-refractivity contribution in [2.45, 2.75) is 24.5 Å². The van der Waals surface area contributed by atoms with Crippen molar-refractivity contribution in [3.8, 4) is 0 Å². The summed E-state index contributed by atoms with van der Waals surface area (Å²) in [6.07, 6.45) is 2.55. The first-order chi connectivity index (χ1) is 14.0. The van der Waals surface area contributed by atoms with Gasteiger partial charge in [0.05, 0.1) is 31.7 Å². The molecule has 0 aromatic heterocycles. The van der Waals surface area contributed by atoms with Gasteiger partial charge < -0.3 is 24.8 Å². The molecule has 2 N–H and O–H groups in total. The minimum Gasteiger partial charge on any atom is -0.378 e. The third-order valence-corrected chi connectivity index (χ3v) is 4.96. The summed E-state index contributed by atoms with van der Waals surface area (Å²) in [5.74, 6) is -1.40. The topological polar surface area (TPSA) is 123 Å². The Balaban J connectivity index is 1.91. The first-order valence-corrected chi connectivity index (χ1v) is 10.8. The van der Waals surface area contributed by atoms with E-state index in [1.54, 1.807) is 6.26 Å². The molecule has 1 atom stereocenters. The number of methoxy groups -OCH3 is 1. The minimum absolute atomic E-state index is 0.0389. The lowest BCUT2D eigenvalue weighted by Gasteiger charge is -2.12. The van der Waals surface area contributed by atoms with Crippen LogP contribution in [0.1, 0.15) is 19.3 Å². The summed E-state index contributed by atoms with van der Waals surface area (Å²) >= 11 is 1.29. The summed E-state index contributed by atoms with van der Waals surface area (Å²) in [4.78, 5) is 47.7. The van der Waals surface area contributed by atoms with Crippen molar-refractivity contribution in [3.05, 3.63) is 0 Å². The van der Waals surface area contributed by atoms with Gasteiger partial charge in [-0.1, -0.05) is 0 Å². The number of nitrogens with one attached hydrogen (secondary N) is 2. The zero-order valence-corrected chi connectivity index (χ0v) is 17.9. The van der Waals surface area contributed by atoms with Crippen LogP contribution < -0.4 is 10.6 Å². The lowest BCUT2D eigenvalue weighted by atomic mass is 10.2. The lowest BCUT2D eigenvalue weighted by Crippen LogP contribution is -2.37. The number of amides is 4. The fraction of sp³-hybridized carbons (Fsp3) is 0.778. The average molecular weight is 434 g/mol. The van der Waals surface area contributed by atoms with Gasteiger partial charge >= 0.3 is 0 Å². The van der Waals surface area contributed by atoms with Gasteiger partial charge in [0, 0.05) is 33.0 Å². The Morgan fingerprint density at radius 3 is 2.41 bits per heavy atom. The molecule has 4 amide bonds. The Kier molecular flexibility index (Phi) is 13.5. The van der Waals surface area contributed by atoms with E-state index in [2.05, 4.69) is 15.4 Å². The van der Waals surface area contributed by atoms with Crippen molar-refractivity contribution >= 4 is 35.4 Å². The third kappa shape index (κ3) is 10.2. The number of carbonyl (C=O) groups is 4. The molecule has 0 aliphatic carbocycles. The summed E-state index contributed by atoms with van der Waals surface area (Å²) in [6, 6.07) is 0. The van der Waals surface area contributed by atoms with Crippen molar-refractivity contribution in [1.82, 2.24) is 15.5 Å². The predicted octanol–water partition coefficient (Wildman–Crippen LogP) is -0.831. The van der Waals surface area contributed by atoms with Gasteiger partial charge in [-0.15, -0.1) is 0 Å². The maximum Gasteiger partial charge on any atom is 0.249 e. The summed E-state index contributed by atoms with van der Waals surface area (Å²) in [5.41, 5.74) is 0. The van der Waals surface area contributed by atoms with Gasteiger partial charge in [-0.05, 0) is 19.2 Å². The van der Waals surface area contributed by atoms with Crippen molar-refractivity contribution in [2.75, 3.05) is 66.0 Å². The molecule has 0 aromatic rings. The Hall–Kier alpha value is -1.53. The molecule has 1 aliphatic rings. The molecule has 1 rings (SSSR count). The fourth-order valence-corrected chi connectivity index (χ4v) is 3.18. The van der Waals surface area contributed by atoms with Gasteiger partial charge in [-0.2, -0.15) is 11.8 Å². The number of nitrogens with zero attached hydrogens (tertiary/aromatic N) is 1. The van der Waals surface area contributed by atoms with Gasteiger partial charge in [0.1, 0.15) is 6.61 Å². The van der Waals surface area contributed by atoms with Crippen LogP contribution in [0.5, 0.6) is 0 Å². The molecular formula is C18H31N3O7S. The molecule has 1 fully saturated rings. The highest BCUT2D eigenvalue weighted by Gasteiger charge is 2.41. The highest BCUT2D eigenvalue weighted by Crippen LogP contribution is 2.23. The van der Waals surface area contributed by atoms with Gasteiger partial charge in [-0.3, -0.25) is 19.2 Å². The molecule has 29 heavy (non-hydrogen) atoms. The van der Waals surface area contributed by atoms with Crippen LogP contribution in [0, 0.1) is 0 Å². The molecule has 0 aromatic carbocycles. The Labute approximate surface area is 175 Å². The molecule has 10 nitrogen and oxygen atoms in total. The number of thioether (sulfide) groups is 1. The van der Waals surface area contributed by atoms with E-state index >= 15 is 0 Å². The molecule has 1 saturated heterocycles. The van der Waals surface area contributed by atoms with Crippen molar-refractivity contribution in [3.63, 3.8) is 0 Å². The van der Waals surface area contributed by atoms with E-state index < -0.39 is 23.0 Å². The number of carbonyl (C=O) groups excluding carboxylic acids is 4. The van der Waals surface area contributed by atoms with E-state index in [1.165, 1.54) is 18.9 Å². The second-order valence-corrected chi connectivity index (χ2v) is 7.29. The molecule has 0 spiro atoms. The van der Waals surface area contributed by atoms with Gasteiger partial charge in [0.25, 0.3) is 0 Å². The molecule has 0 bridgehead atoms. The van der Waals surface area contributed by atoms with Crippen LogP contribution in [0.2, 0.25) is 0 Å². The fourth-order valence-electron chi connectivity index (χ4n) is 2.56. The standard InChI is InChI=1S/C18H31N3O7S/c1-26-13-15(22)20-7-9-28-11-10-27-8-6-19-5-3-4-16(23)21-17(24)12-14(29-2)18(21)25/h14,19H,3-13H2,1-2H3,(H,20,22). The number of rotatable bonds is 16. The SMILES string of the molecule is COCC(=O)NCCOCCOCCNCCCC(=O)N1C(=O)CC(SC)C1=O. The summed E-state index contributed by atoms with van der Waals surface area (Å²) in [7, 11) is 1.46. The number of imide groups is 3. The number of ether oxygens (including phenoxy) is 3. The Morgan fingerprint density at radius 1 is 1.10 bits per heavy atom. The van der Waals surface area contributed by atoms with Crippen molar-refractivity contribution in [2.24, 2.45) is 0 Å². The van der Waals surface area contributed by atoms with Gasteiger partial charge in [-0.25, -0.2) is 4.90 Å². The summed E-state index contributed by atoms with van der Waals surface area (Å²) < 4.78 is 15.4. The molecule has 1 heterocycles. The van der Waals surface area contributed by atoms with Gasteiger partial charge in [0.2, 0.25) is 23.6 Å². The van der Waals surface area contributed by atoms with Crippen LogP contribution in [0.4, 0.5) is 0 Å². The van der Waals surface area contributed by atoms with E-state index in [9.17, 15) is 19.2 Å². The average Bonchev–Trinajstić information content (AvgIpc) is 2.98. The maximum absolute atomic E-state index is 12.1. The highest BCUT2D eigenvalue weighted by molar-refractivity contribution is 8.00. The molecule has 1 aliphatic heterocycles. The molecule has 166 valence electrons. The van der Waals surface area contributed by atoms with Crippen LogP contribution in [0.15, 0.2) is 0 Å². The largest absolute Gasteiger partial charge is 0.378 e. The lowest BCUT2D eigenvalue weighted by molar-refractivity contribution is -0.149. The summed E-state index contributed by atoms with van der Waals surface area (Å²) in [6.45, 7) is 3.47. The zero-order chi connectivity index (χ0) is 21.5. The third-order valence-electron chi connectivity index (χ3n) is 4.02. The Morgan fingerprint density at radius 2 is 1.79 bits per heavy atom. The Bertz CT molecular complexity index is 548. The first-order valence-electron chi connectivity index (χ1n) is 9.55. The zero-order valence-electron chi connectivity index (χ0n) is 17.1. The normalized spacial score (nSPS) is 16.5. The number of hydrogen-bond acceptors (Lipinski definition) is 9. The molecule has 0 radical (unpaired) electrons. The molecule has 0 saturated carbocycles. The van der Waals surface area contributed by atoms with E-state index in [0.717, 1.165) is 4.90 Å². The van der Waals surface area contributed by atoms with E-state index in [1.807, 2.05) is 0 Å². The van der Waals surface area contributed by atoms with E-state index in [4.69, 9.17) is 9.47 Å². The highest BCUT2D eigenvalue weighted by atomic mass is 32.2. The smallest absolute Gasteiger partial charge is 0.249 e. The number of hydrogen-bond donors (Lipinski definition) is 2. The minimum atomic E-state index is -0.430. The van der Waals surface area contributed by atoms with Gasteiger partial charge in [0.15, 0.2) is 0 Å². The molecular weight excluding hydrogens is 402 g/mol. The van der Waals surface area contributed by atoms with E-state index in [0.29, 0.717) is 52.5 Å². The van der Waals surface area contributed by atoms with Crippen LogP contribution in [-0.2, 0) is 33.4 Å². The van der Waals surface area contributed by atoms with Crippen LogP contribution in [0.3, 0.4) is 0 Å². The predicted molar refractivity (Wildman–Crippen MR) is 107 cm³/mol. The monoisotopic (exact) mass is 433 g/mol. The second kappa shape index (κ2) is 15.3. The number of likely N-dealkylation sites (tertiary alicyclic amines) is 1. The molecule has 11 heteroatoms. The van der Waals surface area contributed by atoms with Crippen LogP contribution in [-0.4, -0.2) is 99.8 Å². The van der Waals surface area contributed by atoms with Crippen molar-refractivity contribution in [1.29, 1.82) is 0 Å². The quantitative estimate of drug-likeness (QED) is 0.237. The maximum atomic E-state index is 12.1. The second-order valence-electron chi connectivity index (χ2n) is 6.25. The molecule has 1 unspecified atom stereocenters. The first kappa shape index (κ1) is 25.5. The van der Waals surface area contributed by atoms with E-state index in [-0.39, 0.29) is 25.4 Å². The summed E-state index contributed by atoms with van der Waals surface area (Å²) in [5, 5.41) is 5.35. The van der Waals surface area contributed by atoms with Crippen LogP contribution in [0.25, 0.3) is 0 Å².